The molecule has 1 aliphatic heterocycles. The van der Waals surface area contributed by atoms with Crippen LogP contribution < -0.4 is 10.9 Å². The Balaban J connectivity index is 1.22. The second kappa shape index (κ2) is 11.9. The lowest BCUT2D eigenvalue weighted by Crippen LogP contribution is -2.42. The summed E-state index contributed by atoms with van der Waals surface area (Å²) in [5, 5.41) is 2.82. The van der Waals surface area contributed by atoms with E-state index in [0.29, 0.717) is 22.6 Å². The molecule has 2 atom stereocenters. The van der Waals surface area contributed by atoms with E-state index in [-0.39, 0.29) is 23.4 Å². The van der Waals surface area contributed by atoms with E-state index >= 15 is 0 Å². The van der Waals surface area contributed by atoms with Crippen molar-refractivity contribution in [3.8, 4) is 0 Å². The number of likely N-dealkylation sites (tertiary alicyclic amines) is 1. The fourth-order valence-electron chi connectivity index (χ4n) is 5.70. The van der Waals surface area contributed by atoms with Gasteiger partial charge in [0, 0.05) is 25.8 Å². The molecule has 7 heteroatoms. The third kappa shape index (κ3) is 5.55. The number of benzene rings is 3. The Hall–Kier alpha value is -4.26. The highest BCUT2D eigenvalue weighted by molar-refractivity contribution is 6.03. The topological polar surface area (TPSA) is 84.3 Å². The molecule has 0 radical (unpaired) electrons. The average Bonchev–Trinajstić information content (AvgIpc) is 3.00. The minimum atomic E-state index is -0.528. The van der Waals surface area contributed by atoms with Crippen LogP contribution in [0.25, 0.3) is 11.0 Å². The zero-order valence-electron chi connectivity index (χ0n) is 23.3. The Morgan fingerprint density at radius 3 is 2.27 bits per heavy atom. The lowest BCUT2D eigenvalue weighted by molar-refractivity contribution is -0.135. The number of anilines is 1. The second-order valence-corrected chi connectivity index (χ2v) is 10.8. The van der Waals surface area contributed by atoms with Crippen LogP contribution in [0, 0.1) is 5.92 Å². The minimum absolute atomic E-state index is 0.112. The van der Waals surface area contributed by atoms with Crippen LogP contribution >= 0.6 is 0 Å². The largest absolute Gasteiger partial charge is 0.342 e. The van der Waals surface area contributed by atoms with Crippen LogP contribution in [0.1, 0.15) is 66.6 Å². The van der Waals surface area contributed by atoms with E-state index in [2.05, 4.69) is 36.3 Å². The molecule has 5 rings (SSSR count). The predicted molar refractivity (Wildman–Crippen MR) is 159 cm³/mol. The van der Waals surface area contributed by atoms with Crippen molar-refractivity contribution in [3.63, 3.8) is 0 Å². The minimum Gasteiger partial charge on any atom is -0.342 e. The first kappa shape index (κ1) is 27.3. The number of hydrogen-bond donors (Lipinski definition) is 1. The number of para-hydroxylation sites is 2. The van der Waals surface area contributed by atoms with Gasteiger partial charge in [0.25, 0.3) is 11.5 Å². The van der Waals surface area contributed by atoms with Gasteiger partial charge in [-0.05, 0) is 60.1 Å². The summed E-state index contributed by atoms with van der Waals surface area (Å²) in [5.41, 5.74) is 3.60. The number of nitrogens with one attached hydrogen (secondary N) is 1. The molecule has 1 N–H and O–H groups in total. The summed E-state index contributed by atoms with van der Waals surface area (Å²) in [5.74, 6) is 0.215. The average molecular weight is 537 g/mol. The fraction of sp³-hybridized carbons (Fsp3) is 0.333. The Morgan fingerprint density at radius 2 is 1.60 bits per heavy atom. The van der Waals surface area contributed by atoms with Gasteiger partial charge in [0.05, 0.1) is 17.0 Å². The Labute approximate surface area is 234 Å². The fourth-order valence-corrected chi connectivity index (χ4v) is 5.70. The van der Waals surface area contributed by atoms with Crippen LogP contribution in [0.2, 0.25) is 0 Å². The number of aromatic nitrogens is 2. The van der Waals surface area contributed by atoms with Crippen LogP contribution in [-0.2, 0) is 11.8 Å². The van der Waals surface area contributed by atoms with Crippen LogP contribution in [0.4, 0.5) is 5.69 Å². The van der Waals surface area contributed by atoms with Crippen LogP contribution in [0.3, 0.4) is 0 Å². The lowest BCUT2D eigenvalue weighted by Gasteiger charge is -2.36. The summed E-state index contributed by atoms with van der Waals surface area (Å²) in [6.07, 6.45) is 2.75. The van der Waals surface area contributed by atoms with Gasteiger partial charge in [-0.3, -0.25) is 14.4 Å². The van der Waals surface area contributed by atoms with Gasteiger partial charge in [-0.1, -0.05) is 74.9 Å². The molecule has 1 fully saturated rings. The molecule has 0 spiro atoms. The maximum absolute atomic E-state index is 13.6. The molecular weight excluding hydrogens is 500 g/mol. The summed E-state index contributed by atoms with van der Waals surface area (Å²) < 4.78 is 1.45. The van der Waals surface area contributed by atoms with E-state index in [1.807, 2.05) is 59.5 Å². The summed E-state index contributed by atoms with van der Waals surface area (Å²) in [6, 6.07) is 25.2. The molecule has 3 aromatic carbocycles. The summed E-state index contributed by atoms with van der Waals surface area (Å²) in [4.78, 5) is 45.6. The van der Waals surface area contributed by atoms with Crippen LogP contribution in [0.15, 0.2) is 83.7 Å². The summed E-state index contributed by atoms with van der Waals surface area (Å²) in [7, 11) is 1.64. The Bertz CT molecular complexity index is 1550. The molecule has 1 aliphatic rings. The predicted octanol–water partition coefficient (Wildman–Crippen LogP) is 5.72. The number of carbonyl (C=O) groups is 2. The molecule has 206 valence electrons. The van der Waals surface area contributed by atoms with Gasteiger partial charge >= 0.3 is 0 Å². The highest BCUT2D eigenvalue weighted by atomic mass is 16.2. The molecule has 0 saturated carbocycles. The van der Waals surface area contributed by atoms with Gasteiger partial charge in [0.1, 0.15) is 0 Å². The van der Waals surface area contributed by atoms with Crippen molar-refractivity contribution in [3.05, 3.63) is 106 Å². The number of piperidine rings is 1. The molecule has 0 bridgehead atoms. The summed E-state index contributed by atoms with van der Waals surface area (Å²) in [6.45, 7) is 5.78. The zero-order chi connectivity index (χ0) is 28.2. The van der Waals surface area contributed by atoms with Gasteiger partial charge < -0.3 is 14.8 Å². The molecule has 2 unspecified atom stereocenters. The molecule has 2 amide bonds. The number of hydrogen-bond acceptors (Lipinski definition) is 4. The van der Waals surface area contributed by atoms with Crippen molar-refractivity contribution in [1.82, 2.24) is 14.5 Å². The van der Waals surface area contributed by atoms with Gasteiger partial charge in [0.15, 0.2) is 5.69 Å². The molecule has 1 saturated heterocycles. The van der Waals surface area contributed by atoms with Crippen molar-refractivity contribution in [1.29, 1.82) is 0 Å². The standard InChI is InChI=1S/C33H36N4O3/c1-4-22(2)29(25-10-6-5-7-11-25)32(39)37-20-18-24(19-21-37)23-14-16-26(17-15-23)34-31(38)30-33(40)36(3)28-13-9-8-12-27(28)35-30/h5-17,22,24,29H,4,18-21H2,1-3H3,(H,34,38). The van der Waals surface area contributed by atoms with Crippen molar-refractivity contribution in [2.75, 3.05) is 18.4 Å². The molecule has 7 nitrogen and oxygen atoms in total. The molecule has 40 heavy (non-hydrogen) atoms. The van der Waals surface area contributed by atoms with E-state index in [1.54, 1.807) is 19.2 Å². The third-order valence-electron chi connectivity index (χ3n) is 8.28. The van der Waals surface area contributed by atoms with E-state index in [4.69, 9.17) is 0 Å². The van der Waals surface area contributed by atoms with E-state index < -0.39 is 11.5 Å². The van der Waals surface area contributed by atoms with E-state index in [9.17, 15) is 14.4 Å². The molecule has 2 heterocycles. The number of fused-ring (bicyclic) bond motifs is 1. The first-order valence-corrected chi connectivity index (χ1v) is 14.1. The molecule has 4 aromatic rings. The molecular formula is C33H36N4O3. The van der Waals surface area contributed by atoms with Gasteiger partial charge in [0.2, 0.25) is 5.91 Å². The van der Waals surface area contributed by atoms with Crippen LogP contribution in [-0.4, -0.2) is 39.4 Å². The number of carbonyl (C=O) groups excluding carboxylic acids is 2. The number of nitrogens with zero attached hydrogens (tertiary/aromatic N) is 3. The first-order chi connectivity index (χ1) is 19.4. The maximum atomic E-state index is 13.6. The van der Waals surface area contributed by atoms with Crippen molar-refractivity contribution in [2.24, 2.45) is 13.0 Å². The maximum Gasteiger partial charge on any atom is 0.282 e. The van der Waals surface area contributed by atoms with E-state index in [1.165, 1.54) is 10.1 Å². The Kier molecular flexibility index (Phi) is 8.10. The van der Waals surface area contributed by atoms with Crippen LogP contribution in [0.5, 0.6) is 0 Å². The number of aryl methyl sites for hydroxylation is 1. The van der Waals surface area contributed by atoms with E-state index in [0.717, 1.165) is 37.9 Å². The Morgan fingerprint density at radius 1 is 0.950 bits per heavy atom. The SMILES string of the molecule is CCC(C)C(C(=O)N1CCC(c2ccc(NC(=O)c3nc4ccccc4n(C)c3=O)cc2)CC1)c1ccccc1. The van der Waals surface area contributed by atoms with Crippen molar-refractivity contribution in [2.45, 2.75) is 44.9 Å². The highest BCUT2D eigenvalue weighted by Gasteiger charge is 2.32. The first-order valence-electron chi connectivity index (χ1n) is 14.1. The summed E-state index contributed by atoms with van der Waals surface area (Å²) >= 11 is 0. The second-order valence-electron chi connectivity index (χ2n) is 10.8. The monoisotopic (exact) mass is 536 g/mol. The van der Waals surface area contributed by atoms with Gasteiger partial charge in [-0.25, -0.2) is 4.98 Å². The molecule has 1 aromatic heterocycles. The quantitative estimate of drug-likeness (QED) is 0.327. The van der Waals surface area contributed by atoms with Gasteiger partial charge in [-0.15, -0.1) is 0 Å². The smallest absolute Gasteiger partial charge is 0.282 e. The third-order valence-corrected chi connectivity index (χ3v) is 8.28. The zero-order valence-corrected chi connectivity index (χ0v) is 23.3. The highest BCUT2D eigenvalue weighted by Crippen LogP contribution is 2.33. The van der Waals surface area contributed by atoms with Crippen molar-refractivity contribution >= 4 is 28.5 Å². The number of amides is 2. The molecule has 0 aliphatic carbocycles. The lowest BCUT2D eigenvalue weighted by atomic mass is 9.83. The van der Waals surface area contributed by atoms with Gasteiger partial charge in [-0.2, -0.15) is 0 Å². The van der Waals surface area contributed by atoms with Crippen molar-refractivity contribution < 1.29 is 9.59 Å². The normalized spacial score (nSPS) is 15.5. The number of rotatable bonds is 7.